The summed E-state index contributed by atoms with van der Waals surface area (Å²) in [7, 11) is 0. The SMILES string of the molecule is CP(I)(c1ccccc1)(c1ccccc1)c1ccccc1.I. The summed E-state index contributed by atoms with van der Waals surface area (Å²) < 4.78 is -2.40. The number of hydrogen-bond donors (Lipinski definition) is 0. The van der Waals surface area contributed by atoms with Crippen LogP contribution in [0.15, 0.2) is 91.0 Å². The smallest absolute Gasteiger partial charge is 0.107 e. The summed E-state index contributed by atoms with van der Waals surface area (Å²) in [6.07, 6.45) is 0. The normalized spacial score (nSPS) is 12.7. The molecule has 0 N–H and O–H groups in total. The van der Waals surface area contributed by atoms with Crippen LogP contribution < -0.4 is 15.9 Å². The molecule has 0 spiro atoms. The van der Waals surface area contributed by atoms with Crippen LogP contribution in [0, 0.1) is 0 Å². The zero-order chi connectivity index (χ0) is 14.8. The maximum Gasteiger partial charge on any atom is -0.107 e. The minimum atomic E-state index is -2.40. The molecule has 0 unspecified atom stereocenters. The summed E-state index contributed by atoms with van der Waals surface area (Å²) in [6.45, 7) is 2.44. The summed E-state index contributed by atoms with van der Waals surface area (Å²) in [4.78, 5) is 0. The third-order valence-corrected chi connectivity index (χ3v) is 13.7. The third-order valence-electron chi connectivity index (χ3n) is 4.11. The first kappa shape index (κ1) is 17.9. The monoisotopic (exact) mass is 532 g/mol. The average molecular weight is 532 g/mol. The van der Waals surface area contributed by atoms with E-state index in [1.54, 1.807) is 0 Å². The minimum Gasteiger partial charge on any atom is -0.107 e. The standard InChI is InChI=1S/C19H18IP.HI/c1-21(20,17-11-5-2-6-12-17,18-13-7-3-8-14-18)19-15-9-4-10-16-19;/h2-16H,1H3;1H. The Balaban J connectivity index is 0.00000176. The molecule has 0 bridgehead atoms. The Morgan fingerprint density at radius 3 is 1.00 bits per heavy atom. The molecule has 3 aromatic rings. The van der Waals surface area contributed by atoms with E-state index >= 15 is 0 Å². The first-order valence-electron chi connectivity index (χ1n) is 7.02. The van der Waals surface area contributed by atoms with E-state index in [4.69, 9.17) is 0 Å². The average Bonchev–Trinajstić information content (AvgIpc) is 2.57. The van der Waals surface area contributed by atoms with Crippen molar-refractivity contribution in [3.63, 3.8) is 0 Å². The van der Waals surface area contributed by atoms with Gasteiger partial charge in [0.05, 0.1) is 0 Å². The van der Waals surface area contributed by atoms with Crippen LogP contribution in [0.4, 0.5) is 0 Å². The van der Waals surface area contributed by atoms with E-state index in [9.17, 15) is 0 Å². The summed E-state index contributed by atoms with van der Waals surface area (Å²) in [5.41, 5.74) is 0. The van der Waals surface area contributed by atoms with E-state index in [-0.39, 0.29) is 24.0 Å². The molecule has 0 amide bonds. The van der Waals surface area contributed by atoms with Gasteiger partial charge in [0.2, 0.25) is 0 Å². The number of rotatable bonds is 3. The molecule has 0 aliphatic carbocycles. The van der Waals surface area contributed by atoms with Crippen molar-refractivity contribution in [1.29, 1.82) is 0 Å². The predicted molar refractivity (Wildman–Crippen MR) is 121 cm³/mol. The van der Waals surface area contributed by atoms with Gasteiger partial charge in [-0.15, -0.1) is 24.0 Å². The van der Waals surface area contributed by atoms with E-state index in [0.717, 1.165) is 0 Å². The molecule has 3 aromatic carbocycles. The molecule has 0 saturated heterocycles. The van der Waals surface area contributed by atoms with Gasteiger partial charge >= 0.3 is 140 Å². The Hall–Kier alpha value is -0.450. The van der Waals surface area contributed by atoms with Gasteiger partial charge in [0.25, 0.3) is 0 Å². The van der Waals surface area contributed by atoms with Crippen molar-refractivity contribution in [1.82, 2.24) is 0 Å². The maximum atomic E-state index is 2.74. The molecular weight excluding hydrogens is 513 g/mol. The quantitative estimate of drug-likeness (QED) is 0.325. The van der Waals surface area contributed by atoms with Gasteiger partial charge in [-0.25, -0.2) is 0 Å². The Morgan fingerprint density at radius 1 is 0.545 bits per heavy atom. The molecule has 0 aliphatic heterocycles. The fraction of sp³-hybridized carbons (Fsp3) is 0.0526. The van der Waals surface area contributed by atoms with E-state index in [0.29, 0.717) is 0 Å². The van der Waals surface area contributed by atoms with E-state index in [1.165, 1.54) is 15.9 Å². The fourth-order valence-corrected chi connectivity index (χ4v) is 9.23. The molecule has 0 aliphatic rings. The van der Waals surface area contributed by atoms with Gasteiger partial charge in [0.15, 0.2) is 0 Å². The topological polar surface area (TPSA) is 0 Å². The van der Waals surface area contributed by atoms with Crippen LogP contribution in [0.25, 0.3) is 0 Å². The van der Waals surface area contributed by atoms with Gasteiger partial charge in [0, 0.05) is 0 Å². The van der Waals surface area contributed by atoms with Gasteiger partial charge in [0.1, 0.15) is 0 Å². The zero-order valence-electron chi connectivity index (χ0n) is 12.4. The molecule has 3 rings (SSSR count). The van der Waals surface area contributed by atoms with Crippen LogP contribution in [0.2, 0.25) is 0 Å². The van der Waals surface area contributed by atoms with Gasteiger partial charge in [-0.2, -0.15) is 0 Å². The Kier molecular flexibility index (Phi) is 5.68. The van der Waals surface area contributed by atoms with Crippen molar-refractivity contribution in [2.24, 2.45) is 0 Å². The molecule has 0 radical (unpaired) electrons. The molecular formula is C19H19I2P. The van der Waals surface area contributed by atoms with Crippen LogP contribution in [-0.2, 0) is 0 Å². The van der Waals surface area contributed by atoms with Gasteiger partial charge in [-0.3, -0.25) is 0 Å². The largest absolute Gasteiger partial charge is 0.107 e. The second-order valence-electron chi connectivity index (χ2n) is 5.44. The zero-order valence-corrected chi connectivity index (χ0v) is 17.8. The van der Waals surface area contributed by atoms with E-state index in [1.807, 2.05) is 0 Å². The second-order valence-corrected chi connectivity index (χ2v) is 17.1. The Labute approximate surface area is 162 Å². The van der Waals surface area contributed by atoms with Crippen molar-refractivity contribution in [2.75, 3.05) is 6.66 Å². The first-order valence-corrected chi connectivity index (χ1v) is 12.5. The van der Waals surface area contributed by atoms with E-state index in [2.05, 4.69) is 120 Å². The molecule has 0 heterocycles. The number of halogens is 2. The summed E-state index contributed by atoms with van der Waals surface area (Å²) in [5.74, 6) is 0. The molecule has 0 aromatic heterocycles. The number of hydrogen-bond acceptors (Lipinski definition) is 0. The van der Waals surface area contributed by atoms with Gasteiger partial charge < -0.3 is 0 Å². The van der Waals surface area contributed by atoms with Crippen molar-refractivity contribution < 1.29 is 0 Å². The predicted octanol–water partition coefficient (Wildman–Crippen LogP) is 5.11. The second kappa shape index (κ2) is 6.98. The molecule has 0 saturated carbocycles. The van der Waals surface area contributed by atoms with Crippen LogP contribution in [-0.4, -0.2) is 6.66 Å². The first-order chi connectivity index (χ1) is 10.1. The molecule has 0 atom stereocenters. The number of benzene rings is 3. The molecule has 0 fully saturated rings. The summed E-state index contributed by atoms with van der Waals surface area (Å²) >= 11 is 2.74. The fourth-order valence-electron chi connectivity index (χ4n) is 2.79. The minimum absolute atomic E-state index is 0. The summed E-state index contributed by atoms with van der Waals surface area (Å²) in [5, 5.41) is 4.25. The Morgan fingerprint density at radius 2 is 0.773 bits per heavy atom. The van der Waals surface area contributed by atoms with Crippen molar-refractivity contribution in [3.8, 4) is 0 Å². The maximum absolute atomic E-state index is 2.74. The van der Waals surface area contributed by atoms with Crippen LogP contribution in [0.1, 0.15) is 0 Å². The van der Waals surface area contributed by atoms with E-state index < -0.39 is 4.25 Å². The van der Waals surface area contributed by atoms with Crippen LogP contribution in [0.5, 0.6) is 0 Å². The molecule has 3 heteroatoms. The third kappa shape index (κ3) is 2.98. The van der Waals surface area contributed by atoms with Crippen molar-refractivity contribution in [3.05, 3.63) is 91.0 Å². The molecule has 22 heavy (non-hydrogen) atoms. The summed E-state index contributed by atoms with van der Waals surface area (Å²) in [6, 6.07) is 32.7. The van der Waals surface area contributed by atoms with Gasteiger partial charge in [-0.05, 0) is 0 Å². The van der Waals surface area contributed by atoms with Crippen LogP contribution in [0.3, 0.4) is 0 Å². The van der Waals surface area contributed by atoms with Crippen molar-refractivity contribution >= 4 is 66.2 Å². The molecule has 114 valence electrons. The van der Waals surface area contributed by atoms with Crippen LogP contribution >= 0.6 is 50.3 Å². The molecule has 0 nitrogen and oxygen atoms in total. The van der Waals surface area contributed by atoms with Crippen molar-refractivity contribution in [2.45, 2.75) is 0 Å². The Bertz CT molecular complexity index is 622. The van der Waals surface area contributed by atoms with Gasteiger partial charge in [-0.1, -0.05) is 0 Å².